The molecule has 11 heteroatoms. The standard InChI is InChI=1S/C19H14N4O5S2/c24-18(27-11-16-20-17(21-28-16)12-4-2-1-3-5-12)13-6-7-14-15(10-13)29-19-22-30(25,26)9-8-23(14)19/h1-7,10H,8-9,11H2. The quantitative estimate of drug-likeness (QED) is 0.562. The molecule has 0 amide bonds. The Hall–Kier alpha value is -3.18. The maximum atomic E-state index is 12.5. The van der Waals surface area contributed by atoms with Gasteiger partial charge in [0.1, 0.15) is 0 Å². The van der Waals surface area contributed by atoms with E-state index in [0.717, 1.165) is 16.1 Å². The fourth-order valence-electron chi connectivity index (χ4n) is 3.09. The Morgan fingerprint density at radius 3 is 2.87 bits per heavy atom. The van der Waals surface area contributed by atoms with Crippen LogP contribution in [-0.2, 0) is 21.4 Å². The zero-order valence-corrected chi connectivity index (χ0v) is 17.0. The average molecular weight is 442 g/mol. The third kappa shape index (κ3) is 3.57. The molecular formula is C19H14N4O5S2. The summed E-state index contributed by atoms with van der Waals surface area (Å²) in [7, 11) is -3.43. The lowest BCUT2D eigenvalue weighted by molar-refractivity contribution is 0.0429. The Morgan fingerprint density at radius 2 is 2.03 bits per heavy atom. The number of aromatic nitrogens is 2. The summed E-state index contributed by atoms with van der Waals surface area (Å²) in [6.45, 7) is 0.186. The molecule has 5 rings (SSSR count). The number of fused-ring (bicyclic) bond motifs is 3. The van der Waals surface area contributed by atoms with Crippen LogP contribution in [0, 0.1) is 0 Å². The molecule has 0 saturated heterocycles. The highest BCUT2D eigenvalue weighted by atomic mass is 32.2. The van der Waals surface area contributed by atoms with Crippen molar-refractivity contribution >= 4 is 38.6 Å². The highest BCUT2D eigenvalue weighted by Crippen LogP contribution is 2.42. The summed E-state index contributed by atoms with van der Waals surface area (Å²) in [5.74, 6) is 0.0322. The Balaban J connectivity index is 1.28. The maximum absolute atomic E-state index is 12.5. The van der Waals surface area contributed by atoms with Crippen LogP contribution in [0.15, 0.2) is 62.3 Å². The van der Waals surface area contributed by atoms with E-state index in [1.807, 2.05) is 35.2 Å². The van der Waals surface area contributed by atoms with Crippen molar-refractivity contribution in [3.8, 4) is 11.4 Å². The van der Waals surface area contributed by atoms with Crippen LogP contribution in [0.4, 0.5) is 5.69 Å². The molecular weight excluding hydrogens is 428 g/mol. The van der Waals surface area contributed by atoms with Gasteiger partial charge < -0.3 is 14.2 Å². The second-order valence-corrected chi connectivity index (χ2v) is 9.31. The van der Waals surface area contributed by atoms with Crippen LogP contribution >= 0.6 is 11.8 Å². The summed E-state index contributed by atoms with van der Waals surface area (Å²) in [5, 5.41) is 4.29. The fourth-order valence-corrected chi connectivity index (χ4v) is 5.38. The van der Waals surface area contributed by atoms with Gasteiger partial charge in [0.15, 0.2) is 11.8 Å². The van der Waals surface area contributed by atoms with Crippen molar-refractivity contribution in [3.05, 3.63) is 60.0 Å². The van der Waals surface area contributed by atoms with Gasteiger partial charge in [0, 0.05) is 17.0 Å². The lowest BCUT2D eigenvalue weighted by atomic mass is 10.2. The zero-order valence-electron chi connectivity index (χ0n) is 15.4. The molecule has 3 aromatic rings. The molecule has 0 aliphatic carbocycles. The number of ether oxygens (including phenoxy) is 1. The molecule has 152 valence electrons. The summed E-state index contributed by atoms with van der Waals surface area (Å²) in [5.41, 5.74) is 1.97. The monoisotopic (exact) mass is 442 g/mol. The maximum Gasteiger partial charge on any atom is 0.338 e. The zero-order chi connectivity index (χ0) is 20.7. The van der Waals surface area contributed by atoms with Gasteiger partial charge in [-0.1, -0.05) is 35.5 Å². The van der Waals surface area contributed by atoms with Gasteiger partial charge >= 0.3 is 5.97 Å². The van der Waals surface area contributed by atoms with Crippen LogP contribution in [0.5, 0.6) is 0 Å². The molecule has 1 aromatic heterocycles. The highest BCUT2D eigenvalue weighted by molar-refractivity contribution is 8.15. The van der Waals surface area contributed by atoms with E-state index in [0.29, 0.717) is 23.1 Å². The Kier molecular flexibility index (Phi) is 4.55. The van der Waals surface area contributed by atoms with Gasteiger partial charge in [-0.05, 0) is 30.0 Å². The van der Waals surface area contributed by atoms with Crippen LogP contribution in [-0.4, -0.2) is 42.0 Å². The van der Waals surface area contributed by atoms with Crippen molar-refractivity contribution in [2.75, 3.05) is 17.2 Å². The number of hydrogen-bond acceptors (Lipinski definition) is 9. The van der Waals surface area contributed by atoms with Gasteiger partial charge in [0.05, 0.1) is 17.0 Å². The molecule has 2 aromatic carbocycles. The lowest BCUT2D eigenvalue weighted by Gasteiger charge is -2.22. The van der Waals surface area contributed by atoms with Crippen LogP contribution < -0.4 is 4.90 Å². The molecule has 9 nitrogen and oxygen atoms in total. The minimum absolute atomic E-state index is 0.0323. The average Bonchev–Trinajstić information content (AvgIpc) is 3.35. The van der Waals surface area contributed by atoms with Crippen molar-refractivity contribution in [2.45, 2.75) is 11.5 Å². The molecule has 3 heterocycles. The first-order chi connectivity index (χ1) is 14.5. The van der Waals surface area contributed by atoms with Crippen molar-refractivity contribution in [2.24, 2.45) is 4.40 Å². The Morgan fingerprint density at radius 1 is 1.20 bits per heavy atom. The molecule has 0 radical (unpaired) electrons. The van der Waals surface area contributed by atoms with Gasteiger partial charge in [-0.15, -0.1) is 4.40 Å². The predicted octanol–water partition coefficient (Wildman–Crippen LogP) is 2.71. The lowest BCUT2D eigenvalue weighted by Crippen LogP contribution is -2.35. The number of carbonyl (C=O) groups excluding carboxylic acids is 1. The highest BCUT2D eigenvalue weighted by Gasteiger charge is 2.33. The van der Waals surface area contributed by atoms with Crippen LogP contribution in [0.2, 0.25) is 0 Å². The van der Waals surface area contributed by atoms with Crippen LogP contribution in [0.25, 0.3) is 11.4 Å². The summed E-state index contributed by atoms with van der Waals surface area (Å²) in [6, 6.07) is 14.4. The second-order valence-electron chi connectivity index (χ2n) is 6.55. The first-order valence-corrected chi connectivity index (χ1v) is 11.4. The second kappa shape index (κ2) is 7.26. The van der Waals surface area contributed by atoms with E-state index >= 15 is 0 Å². The van der Waals surface area contributed by atoms with E-state index < -0.39 is 16.0 Å². The molecule has 2 aliphatic heterocycles. The summed E-state index contributed by atoms with van der Waals surface area (Å²) in [6.07, 6.45) is 0. The van der Waals surface area contributed by atoms with E-state index in [1.165, 1.54) is 11.8 Å². The third-order valence-corrected chi connectivity index (χ3v) is 6.84. The first kappa shape index (κ1) is 18.8. The number of sulfonamides is 1. The number of amidine groups is 1. The normalized spacial score (nSPS) is 16.5. The smallest absolute Gasteiger partial charge is 0.338 e. The van der Waals surface area contributed by atoms with Crippen molar-refractivity contribution in [3.63, 3.8) is 0 Å². The van der Waals surface area contributed by atoms with Gasteiger partial charge in [-0.2, -0.15) is 4.98 Å². The molecule has 0 N–H and O–H groups in total. The van der Waals surface area contributed by atoms with E-state index in [-0.39, 0.29) is 18.3 Å². The third-order valence-electron chi connectivity index (χ3n) is 4.54. The minimum Gasteiger partial charge on any atom is -0.452 e. The number of anilines is 1. The molecule has 30 heavy (non-hydrogen) atoms. The van der Waals surface area contributed by atoms with Crippen molar-refractivity contribution in [1.82, 2.24) is 10.1 Å². The first-order valence-electron chi connectivity index (χ1n) is 8.96. The molecule has 0 unspecified atom stereocenters. The molecule has 0 fully saturated rings. The van der Waals surface area contributed by atoms with Crippen molar-refractivity contribution in [1.29, 1.82) is 0 Å². The molecule has 0 atom stereocenters. The number of rotatable bonds is 4. The SMILES string of the molecule is O=C(OCc1nc(-c2ccccc2)no1)c1ccc2c(c1)SC1=NS(=O)(=O)CCN12. The number of benzene rings is 2. The van der Waals surface area contributed by atoms with Gasteiger partial charge in [-0.25, -0.2) is 13.2 Å². The van der Waals surface area contributed by atoms with E-state index in [2.05, 4.69) is 14.5 Å². The number of hydrogen-bond donors (Lipinski definition) is 0. The Labute approximate surface area is 175 Å². The number of nitrogens with zero attached hydrogens (tertiary/aromatic N) is 4. The van der Waals surface area contributed by atoms with Gasteiger partial charge in [0.25, 0.3) is 15.9 Å². The van der Waals surface area contributed by atoms with Gasteiger partial charge in [0.2, 0.25) is 5.82 Å². The Bertz CT molecular complexity index is 1270. The van der Waals surface area contributed by atoms with Gasteiger partial charge in [-0.3, -0.25) is 0 Å². The van der Waals surface area contributed by atoms with Crippen molar-refractivity contribution < 1.29 is 22.5 Å². The molecule has 0 spiro atoms. The van der Waals surface area contributed by atoms with Crippen LogP contribution in [0.3, 0.4) is 0 Å². The predicted molar refractivity (Wildman–Crippen MR) is 110 cm³/mol. The number of esters is 1. The van der Waals surface area contributed by atoms with E-state index in [1.54, 1.807) is 18.2 Å². The summed E-state index contributed by atoms with van der Waals surface area (Å²) in [4.78, 5) is 19.3. The summed E-state index contributed by atoms with van der Waals surface area (Å²) < 4.78 is 37.7. The fraction of sp³-hybridized carbons (Fsp3) is 0.158. The number of carbonyl (C=O) groups is 1. The summed E-state index contributed by atoms with van der Waals surface area (Å²) >= 11 is 1.22. The molecule has 2 aliphatic rings. The van der Waals surface area contributed by atoms with E-state index in [4.69, 9.17) is 9.26 Å². The minimum atomic E-state index is -3.43. The topological polar surface area (TPSA) is 115 Å². The van der Waals surface area contributed by atoms with Crippen LogP contribution in [0.1, 0.15) is 16.2 Å². The van der Waals surface area contributed by atoms with E-state index in [9.17, 15) is 13.2 Å². The molecule has 0 saturated carbocycles. The largest absolute Gasteiger partial charge is 0.452 e. The molecule has 0 bridgehead atoms. The number of thioether (sulfide) groups is 1.